The lowest BCUT2D eigenvalue weighted by Gasteiger charge is -2.29. The molecular formula is C27H26N6O4. The first-order valence-electron chi connectivity index (χ1n) is 11.6. The molecule has 5 rings (SSSR count). The number of allylic oxidation sites excluding steroid dienone is 1. The zero-order chi connectivity index (χ0) is 25.9. The summed E-state index contributed by atoms with van der Waals surface area (Å²) >= 11 is 0. The molecule has 0 aliphatic carbocycles. The van der Waals surface area contributed by atoms with Crippen molar-refractivity contribution in [1.82, 2.24) is 19.7 Å². The number of carbonyl (C=O) groups excluding carboxylic acids is 1. The molecule has 0 saturated carbocycles. The second-order valence-electron chi connectivity index (χ2n) is 8.26. The molecule has 2 aromatic carbocycles. The molecule has 10 heteroatoms. The third-order valence-corrected chi connectivity index (χ3v) is 6.04. The number of nitrogens with zero attached hydrogens (tertiary/aromatic N) is 4. The first-order valence-corrected chi connectivity index (χ1v) is 11.6. The largest absolute Gasteiger partial charge is 0.493 e. The van der Waals surface area contributed by atoms with Gasteiger partial charge in [0, 0.05) is 17.5 Å². The highest BCUT2D eigenvalue weighted by molar-refractivity contribution is 6.05. The third kappa shape index (κ3) is 4.44. The number of amides is 1. The second-order valence-corrected chi connectivity index (χ2v) is 8.26. The molecule has 0 spiro atoms. The minimum absolute atomic E-state index is 0.329. The van der Waals surface area contributed by atoms with Gasteiger partial charge in [-0.3, -0.25) is 4.79 Å². The van der Waals surface area contributed by atoms with E-state index in [4.69, 9.17) is 24.3 Å². The van der Waals surface area contributed by atoms with Crippen LogP contribution in [0.5, 0.6) is 17.2 Å². The fraction of sp³-hybridized carbons (Fsp3) is 0.185. The molecule has 1 aliphatic rings. The Bertz CT molecular complexity index is 1440. The lowest BCUT2D eigenvalue weighted by atomic mass is 9.94. The highest BCUT2D eigenvalue weighted by Gasteiger charge is 2.36. The SMILES string of the molecule is COc1cc(C2C(C(=O)Nc3ccccn3)=C(C)Nc3nc(-c4ccccc4)nn32)cc(OC)c1OC. The molecule has 1 amide bonds. The van der Waals surface area contributed by atoms with Crippen molar-refractivity contribution >= 4 is 17.7 Å². The number of hydrogen-bond donors (Lipinski definition) is 2. The molecule has 0 radical (unpaired) electrons. The zero-order valence-corrected chi connectivity index (χ0v) is 20.9. The summed E-state index contributed by atoms with van der Waals surface area (Å²) in [5, 5.41) is 10.9. The molecule has 4 aromatic rings. The van der Waals surface area contributed by atoms with Gasteiger partial charge in [0.2, 0.25) is 11.7 Å². The quantitative estimate of drug-likeness (QED) is 0.388. The number of anilines is 2. The van der Waals surface area contributed by atoms with Crippen LogP contribution in [0, 0.1) is 0 Å². The molecule has 0 bridgehead atoms. The Morgan fingerprint density at radius 2 is 1.68 bits per heavy atom. The van der Waals surface area contributed by atoms with Crippen LogP contribution < -0.4 is 24.8 Å². The fourth-order valence-electron chi connectivity index (χ4n) is 4.34. The van der Waals surface area contributed by atoms with Crippen molar-refractivity contribution in [2.45, 2.75) is 13.0 Å². The molecule has 2 N–H and O–H groups in total. The molecule has 0 saturated heterocycles. The maximum absolute atomic E-state index is 13.7. The van der Waals surface area contributed by atoms with Crippen LogP contribution in [0.1, 0.15) is 18.5 Å². The van der Waals surface area contributed by atoms with Gasteiger partial charge in [-0.15, -0.1) is 5.10 Å². The summed E-state index contributed by atoms with van der Waals surface area (Å²) in [7, 11) is 4.64. The summed E-state index contributed by atoms with van der Waals surface area (Å²) < 4.78 is 18.4. The van der Waals surface area contributed by atoms with Crippen LogP contribution in [0.3, 0.4) is 0 Å². The molecule has 3 heterocycles. The number of pyridine rings is 1. The monoisotopic (exact) mass is 498 g/mol. The average Bonchev–Trinajstić information content (AvgIpc) is 3.36. The summed E-state index contributed by atoms with van der Waals surface area (Å²) in [5.41, 5.74) is 2.63. The van der Waals surface area contributed by atoms with E-state index in [0.717, 1.165) is 5.56 Å². The van der Waals surface area contributed by atoms with Gasteiger partial charge in [-0.05, 0) is 36.8 Å². The van der Waals surface area contributed by atoms with Crippen molar-refractivity contribution in [3.63, 3.8) is 0 Å². The van der Waals surface area contributed by atoms with Crippen LogP contribution in [-0.2, 0) is 4.79 Å². The lowest BCUT2D eigenvalue weighted by molar-refractivity contribution is -0.113. The van der Waals surface area contributed by atoms with E-state index in [9.17, 15) is 4.79 Å². The smallest absolute Gasteiger partial charge is 0.257 e. The topological polar surface area (TPSA) is 112 Å². The number of nitrogens with one attached hydrogen (secondary N) is 2. The number of methoxy groups -OCH3 is 3. The maximum atomic E-state index is 13.7. The highest BCUT2D eigenvalue weighted by Crippen LogP contribution is 2.44. The van der Waals surface area contributed by atoms with Gasteiger partial charge in [-0.25, -0.2) is 9.67 Å². The second kappa shape index (κ2) is 10.0. The minimum Gasteiger partial charge on any atom is -0.493 e. The van der Waals surface area contributed by atoms with Crippen molar-refractivity contribution in [1.29, 1.82) is 0 Å². The molecule has 1 aliphatic heterocycles. The number of fused-ring (bicyclic) bond motifs is 1. The van der Waals surface area contributed by atoms with E-state index < -0.39 is 6.04 Å². The van der Waals surface area contributed by atoms with E-state index in [-0.39, 0.29) is 5.91 Å². The third-order valence-electron chi connectivity index (χ3n) is 6.04. The average molecular weight is 499 g/mol. The zero-order valence-electron chi connectivity index (χ0n) is 20.9. The van der Waals surface area contributed by atoms with Crippen LogP contribution in [-0.4, -0.2) is 47.0 Å². The lowest BCUT2D eigenvalue weighted by Crippen LogP contribution is -2.31. The van der Waals surface area contributed by atoms with Gasteiger partial charge in [0.05, 0.1) is 26.9 Å². The van der Waals surface area contributed by atoms with E-state index in [1.165, 1.54) is 0 Å². The van der Waals surface area contributed by atoms with Crippen LogP contribution in [0.4, 0.5) is 11.8 Å². The molecule has 188 valence electrons. The van der Waals surface area contributed by atoms with E-state index in [2.05, 4.69) is 15.6 Å². The Morgan fingerprint density at radius 3 is 2.30 bits per heavy atom. The number of carbonyl (C=O) groups is 1. The van der Waals surface area contributed by atoms with Gasteiger partial charge in [0.15, 0.2) is 17.3 Å². The molecule has 1 atom stereocenters. The van der Waals surface area contributed by atoms with Crippen molar-refractivity contribution in [2.24, 2.45) is 0 Å². The van der Waals surface area contributed by atoms with Gasteiger partial charge >= 0.3 is 0 Å². The Hall–Kier alpha value is -4.86. The van der Waals surface area contributed by atoms with Crippen LogP contribution in [0.15, 0.2) is 78.1 Å². The van der Waals surface area contributed by atoms with E-state index in [1.807, 2.05) is 49.4 Å². The number of rotatable bonds is 7. The Labute approximate surface area is 213 Å². The Morgan fingerprint density at radius 1 is 0.973 bits per heavy atom. The van der Waals surface area contributed by atoms with Crippen LogP contribution >= 0.6 is 0 Å². The van der Waals surface area contributed by atoms with Crippen LogP contribution in [0.25, 0.3) is 11.4 Å². The van der Waals surface area contributed by atoms with Gasteiger partial charge in [0.1, 0.15) is 11.9 Å². The molecular weight excluding hydrogens is 472 g/mol. The molecule has 1 unspecified atom stereocenters. The first-order chi connectivity index (χ1) is 18.0. The standard InChI is InChI=1S/C27H26N6O4/c1-16-22(26(34)30-21-12-8-9-13-28-21)23(18-14-19(35-2)24(37-4)20(15-18)36-3)33-27(29-16)31-25(32-33)17-10-6-5-7-11-17/h5-15,23H,1-4H3,(H,28,30,34)(H,29,31,32). The number of benzene rings is 2. The van der Waals surface area contributed by atoms with Gasteiger partial charge < -0.3 is 24.8 Å². The van der Waals surface area contributed by atoms with E-state index in [0.29, 0.717) is 51.7 Å². The van der Waals surface area contributed by atoms with Crippen molar-refractivity contribution < 1.29 is 19.0 Å². The summed E-state index contributed by atoms with van der Waals surface area (Å²) in [6.07, 6.45) is 1.62. The number of ether oxygens (including phenoxy) is 3. The molecule has 37 heavy (non-hydrogen) atoms. The maximum Gasteiger partial charge on any atom is 0.257 e. The number of hydrogen-bond acceptors (Lipinski definition) is 8. The van der Waals surface area contributed by atoms with E-state index >= 15 is 0 Å². The summed E-state index contributed by atoms with van der Waals surface area (Å²) in [6, 6.07) is 17.9. The van der Waals surface area contributed by atoms with Crippen molar-refractivity contribution in [3.8, 4) is 28.6 Å². The predicted octanol–water partition coefficient (Wildman–Crippen LogP) is 4.29. The van der Waals surface area contributed by atoms with Crippen molar-refractivity contribution in [3.05, 3.63) is 83.7 Å². The van der Waals surface area contributed by atoms with Gasteiger partial charge in [0.25, 0.3) is 5.91 Å². The fourth-order valence-corrected chi connectivity index (χ4v) is 4.34. The Kier molecular flexibility index (Phi) is 6.46. The first kappa shape index (κ1) is 23.9. The Balaban J connectivity index is 1.68. The highest BCUT2D eigenvalue weighted by atomic mass is 16.5. The minimum atomic E-state index is -0.654. The molecule has 0 fully saturated rings. The summed E-state index contributed by atoms with van der Waals surface area (Å²) in [4.78, 5) is 22.6. The van der Waals surface area contributed by atoms with Gasteiger partial charge in [-0.1, -0.05) is 36.4 Å². The number of aromatic nitrogens is 4. The summed E-state index contributed by atoms with van der Waals surface area (Å²) in [5.74, 6) is 2.51. The normalized spacial score (nSPS) is 14.4. The van der Waals surface area contributed by atoms with Gasteiger partial charge in [-0.2, -0.15) is 4.98 Å². The molecule has 2 aromatic heterocycles. The van der Waals surface area contributed by atoms with E-state index in [1.54, 1.807) is 50.4 Å². The van der Waals surface area contributed by atoms with Crippen molar-refractivity contribution in [2.75, 3.05) is 32.0 Å². The summed E-state index contributed by atoms with van der Waals surface area (Å²) in [6.45, 7) is 1.83. The molecule has 10 nitrogen and oxygen atoms in total. The predicted molar refractivity (Wildman–Crippen MR) is 139 cm³/mol. The van der Waals surface area contributed by atoms with Crippen LogP contribution in [0.2, 0.25) is 0 Å².